The summed E-state index contributed by atoms with van der Waals surface area (Å²) in [7, 11) is 5.60. The monoisotopic (exact) mass is 609 g/mol. The number of ketones is 1. The molecule has 1 N–H and O–H groups in total. The van der Waals surface area contributed by atoms with E-state index in [1.807, 2.05) is 22.9 Å². The highest BCUT2D eigenvalue weighted by atomic mass is 32.1. The van der Waals surface area contributed by atoms with E-state index in [1.165, 1.54) is 33.1 Å². The number of quaternary nitrogens is 1. The fourth-order valence-electron chi connectivity index (χ4n) is 6.82. The van der Waals surface area contributed by atoms with E-state index in [-0.39, 0.29) is 48.5 Å². The number of hydrogen-bond donors (Lipinski definition) is 1. The van der Waals surface area contributed by atoms with Gasteiger partial charge in [-0.25, -0.2) is 4.79 Å². The summed E-state index contributed by atoms with van der Waals surface area (Å²) in [6.45, 7) is 0.844. The molecule has 1 amide bonds. The van der Waals surface area contributed by atoms with Crippen LogP contribution < -0.4 is 0 Å². The van der Waals surface area contributed by atoms with Gasteiger partial charge in [0.15, 0.2) is 0 Å². The minimum absolute atomic E-state index is 0.0422. The number of Topliss-reactive ketones (excluding diaryl/α,β-unsaturated/α-hetero) is 1. The number of amides is 1. The van der Waals surface area contributed by atoms with Crippen LogP contribution in [-0.4, -0.2) is 83.7 Å². The van der Waals surface area contributed by atoms with Gasteiger partial charge in [-0.2, -0.15) is 0 Å². The molecule has 3 aromatic rings. The van der Waals surface area contributed by atoms with Crippen molar-refractivity contribution in [3.63, 3.8) is 0 Å². The summed E-state index contributed by atoms with van der Waals surface area (Å²) in [5.41, 5.74) is 0.493. The maximum Gasteiger partial charge on any atom is 0.349 e. The van der Waals surface area contributed by atoms with Crippen LogP contribution in [0.4, 0.5) is 0 Å². The second-order valence-electron chi connectivity index (χ2n) is 12.2. The summed E-state index contributed by atoms with van der Waals surface area (Å²) >= 11 is 2.70. The van der Waals surface area contributed by atoms with Crippen molar-refractivity contribution < 1.29 is 33.4 Å². The normalized spacial score (nSPS) is 27.8. The second kappa shape index (κ2) is 11.3. The van der Waals surface area contributed by atoms with Crippen LogP contribution in [0.2, 0.25) is 0 Å². The number of rotatable bonds is 11. The number of aryl methyl sites for hydroxylation is 1. The molecule has 6 atom stereocenters. The van der Waals surface area contributed by atoms with E-state index < -0.39 is 11.6 Å². The highest BCUT2D eigenvalue weighted by Gasteiger charge is 2.72. The first-order chi connectivity index (χ1) is 20.1. The maximum atomic E-state index is 13.6. The Labute approximate surface area is 254 Å². The van der Waals surface area contributed by atoms with Crippen LogP contribution >= 0.6 is 22.7 Å². The van der Waals surface area contributed by atoms with Crippen molar-refractivity contribution >= 4 is 40.3 Å². The van der Waals surface area contributed by atoms with Gasteiger partial charge in [-0.3, -0.25) is 9.59 Å². The zero-order chi connectivity index (χ0) is 29.6. The van der Waals surface area contributed by atoms with Gasteiger partial charge in [0.05, 0.1) is 23.2 Å². The van der Waals surface area contributed by atoms with Gasteiger partial charge in [0.2, 0.25) is 11.5 Å². The van der Waals surface area contributed by atoms with Gasteiger partial charge in [-0.1, -0.05) is 36.4 Å². The number of fused-ring (bicyclic) bond motifs is 5. The molecule has 222 valence electrons. The predicted molar refractivity (Wildman–Crippen MR) is 160 cm³/mol. The lowest BCUT2D eigenvalue weighted by molar-refractivity contribution is -0.968. The lowest BCUT2D eigenvalue weighted by atomic mass is 9.93. The van der Waals surface area contributed by atoms with Crippen molar-refractivity contribution in [3.8, 4) is 0 Å². The van der Waals surface area contributed by atoms with Gasteiger partial charge in [-0.05, 0) is 34.9 Å². The highest BCUT2D eigenvalue weighted by Crippen LogP contribution is 2.53. The van der Waals surface area contributed by atoms with Gasteiger partial charge >= 0.3 is 5.97 Å². The smallest absolute Gasteiger partial charge is 0.349 e. The molecule has 0 radical (unpaired) electrons. The fraction of sp³-hybridized carbons (Fsp3) is 0.469. The number of aliphatic hydroxyl groups is 1. The Bertz CT molecular complexity index is 1380. The van der Waals surface area contributed by atoms with E-state index >= 15 is 0 Å². The summed E-state index contributed by atoms with van der Waals surface area (Å²) in [4.78, 5) is 40.1. The Morgan fingerprint density at radius 1 is 0.976 bits per heavy atom. The molecule has 3 saturated heterocycles. The summed E-state index contributed by atoms with van der Waals surface area (Å²) in [6, 6.07) is 16.1. The van der Waals surface area contributed by atoms with Crippen molar-refractivity contribution in [2.45, 2.75) is 74.6 Å². The number of likely N-dealkylation sites (N-methyl/N-ethyl adjacent to an activating group) is 1. The first kappa shape index (κ1) is 29.2. The Morgan fingerprint density at radius 3 is 2.07 bits per heavy atom. The molecule has 3 aliphatic rings. The Balaban J connectivity index is 1.09. The summed E-state index contributed by atoms with van der Waals surface area (Å²) < 4.78 is 13.0. The van der Waals surface area contributed by atoms with Gasteiger partial charge in [0.25, 0.3) is 0 Å². The molecule has 3 aliphatic heterocycles. The molecule has 0 spiro atoms. The number of esters is 1. The number of hydrogen-bond acceptors (Lipinski definition) is 8. The number of ether oxygens (including phenoxy) is 2. The van der Waals surface area contributed by atoms with E-state index in [0.717, 1.165) is 16.6 Å². The Kier molecular flexibility index (Phi) is 7.86. The molecule has 6 rings (SSSR count). The molecule has 42 heavy (non-hydrogen) atoms. The van der Waals surface area contributed by atoms with Crippen molar-refractivity contribution in [2.75, 3.05) is 21.1 Å². The third-order valence-corrected chi connectivity index (χ3v) is 11.2. The molecule has 0 unspecified atom stereocenters. The Hall–Kier alpha value is -2.89. The van der Waals surface area contributed by atoms with Crippen molar-refractivity contribution in [1.82, 2.24) is 4.90 Å². The van der Waals surface area contributed by atoms with Crippen LogP contribution in [0.5, 0.6) is 0 Å². The van der Waals surface area contributed by atoms with Crippen molar-refractivity contribution in [1.29, 1.82) is 0 Å². The van der Waals surface area contributed by atoms with Crippen LogP contribution in [0, 0.1) is 0 Å². The van der Waals surface area contributed by atoms with Gasteiger partial charge in [0, 0.05) is 38.9 Å². The number of carbonyl (C=O) groups excluding carboxylic acids is 3. The van der Waals surface area contributed by atoms with Crippen LogP contribution in [0.3, 0.4) is 0 Å². The maximum absolute atomic E-state index is 13.6. The van der Waals surface area contributed by atoms with E-state index in [2.05, 4.69) is 31.3 Å². The first-order valence-corrected chi connectivity index (χ1v) is 16.2. The topological polar surface area (TPSA) is 96.4 Å². The molecule has 1 aromatic carbocycles. The first-order valence-electron chi connectivity index (χ1n) is 14.4. The molecule has 8 nitrogen and oxygen atoms in total. The van der Waals surface area contributed by atoms with Crippen LogP contribution in [0.15, 0.2) is 59.3 Å². The number of nitrogens with zero attached hydrogens (tertiary/aromatic N) is 2. The highest BCUT2D eigenvalue weighted by molar-refractivity contribution is 7.12. The minimum Gasteiger partial charge on any atom is -0.459 e. The SMILES string of the molecule is CN(C)C(=O)CC(=O)CCc1ccc(C[N@+]2(C)[C@@H]3C[C@@H](OC(=O)C(O)(c4cccs4)c4cccs4)C[C@H]2[C@@H]2O[C@@H]23)cc1. The quantitative estimate of drug-likeness (QED) is 0.153. The van der Waals surface area contributed by atoms with Crippen LogP contribution in [0.1, 0.15) is 46.6 Å². The van der Waals surface area contributed by atoms with Crippen molar-refractivity contribution in [3.05, 3.63) is 80.2 Å². The molecular weight excluding hydrogens is 572 g/mol. The number of piperidine rings is 1. The molecule has 10 heteroatoms. The third kappa shape index (κ3) is 5.35. The van der Waals surface area contributed by atoms with E-state index in [1.54, 1.807) is 26.2 Å². The molecular formula is C32H37N2O6S2+. The Morgan fingerprint density at radius 2 is 1.55 bits per heavy atom. The standard InChI is InChI=1S/C32H37N2O6S2/c1-33(2)28(36)16-22(35)13-12-20-8-10-21(11-9-20)19-34(3)24-17-23(18-25(34)30-29(24)40-30)39-31(37)32(38,26-6-4-14-41-26)27-7-5-15-42-27/h4-11,14-15,23-25,29-30,38H,12-13,16-19H2,1-3H3/q+1/t23-,24-,25+,29-,30+,34-. The fourth-order valence-corrected chi connectivity index (χ4v) is 8.53. The molecule has 3 fully saturated rings. The number of thiophene rings is 2. The lowest BCUT2D eigenvalue weighted by Gasteiger charge is -2.48. The average Bonchev–Trinajstić information content (AvgIpc) is 3.29. The minimum atomic E-state index is -1.80. The summed E-state index contributed by atoms with van der Waals surface area (Å²) in [5, 5.41) is 15.4. The van der Waals surface area contributed by atoms with E-state index in [4.69, 9.17) is 9.47 Å². The van der Waals surface area contributed by atoms with E-state index in [0.29, 0.717) is 35.4 Å². The number of benzene rings is 1. The summed E-state index contributed by atoms with van der Waals surface area (Å²) in [5.74, 6) is -0.815. The van der Waals surface area contributed by atoms with Gasteiger partial charge < -0.3 is 24.0 Å². The average molecular weight is 610 g/mol. The number of morpholine rings is 1. The van der Waals surface area contributed by atoms with Crippen LogP contribution in [0.25, 0.3) is 0 Å². The zero-order valence-electron chi connectivity index (χ0n) is 24.1. The van der Waals surface area contributed by atoms with Gasteiger partial charge in [-0.15, -0.1) is 22.7 Å². The molecule has 0 saturated carbocycles. The lowest BCUT2D eigenvalue weighted by Crippen LogP contribution is -2.62. The molecule has 2 aromatic heterocycles. The third-order valence-electron chi connectivity index (χ3n) is 9.25. The zero-order valence-corrected chi connectivity index (χ0v) is 25.7. The molecule has 2 bridgehead atoms. The number of epoxide rings is 1. The van der Waals surface area contributed by atoms with Crippen molar-refractivity contribution in [2.24, 2.45) is 0 Å². The van der Waals surface area contributed by atoms with Crippen LogP contribution in [-0.2, 0) is 42.4 Å². The largest absolute Gasteiger partial charge is 0.459 e. The predicted octanol–water partition coefficient (Wildman–Crippen LogP) is 3.90. The van der Waals surface area contributed by atoms with E-state index in [9.17, 15) is 19.5 Å². The number of carbonyl (C=O) groups is 3. The van der Waals surface area contributed by atoms with Gasteiger partial charge in [0.1, 0.15) is 42.7 Å². The molecule has 5 heterocycles. The second-order valence-corrected chi connectivity index (χ2v) is 14.1. The summed E-state index contributed by atoms with van der Waals surface area (Å²) in [6.07, 6.45) is 2.37. The molecule has 0 aliphatic carbocycles.